The van der Waals surface area contributed by atoms with E-state index < -0.39 is 11.4 Å². The van der Waals surface area contributed by atoms with Crippen molar-refractivity contribution in [1.82, 2.24) is 4.90 Å². The maximum atomic E-state index is 13.0. The van der Waals surface area contributed by atoms with Crippen molar-refractivity contribution in [2.24, 2.45) is 11.3 Å². The highest BCUT2D eigenvalue weighted by Crippen LogP contribution is 2.45. The maximum Gasteiger partial charge on any atom is 0.311 e. The molecule has 1 unspecified atom stereocenters. The summed E-state index contributed by atoms with van der Waals surface area (Å²) in [4.78, 5) is 27.8. The molecule has 1 aromatic rings. The Kier molecular flexibility index (Phi) is 3.61. The molecular formula is C17H19NO4S. The molecule has 2 saturated heterocycles. The number of ether oxygens (including phenoxy) is 1. The number of rotatable bonds is 2. The molecule has 4 rings (SSSR count). The minimum absolute atomic E-state index is 0.0671. The zero-order chi connectivity index (χ0) is 16.0. The number of benzene rings is 1. The summed E-state index contributed by atoms with van der Waals surface area (Å²) in [5.41, 5.74) is 0.261. The highest BCUT2D eigenvalue weighted by atomic mass is 32.2. The van der Waals surface area contributed by atoms with Crippen LogP contribution in [0.2, 0.25) is 0 Å². The summed E-state index contributed by atoms with van der Waals surface area (Å²) in [6.07, 6.45) is 0.493. The highest BCUT2D eigenvalue weighted by molar-refractivity contribution is 7.99. The molecule has 0 aliphatic carbocycles. The molecule has 122 valence electrons. The fourth-order valence-corrected chi connectivity index (χ4v) is 5.27. The van der Waals surface area contributed by atoms with Gasteiger partial charge in [0.15, 0.2) is 0 Å². The zero-order valence-electron chi connectivity index (χ0n) is 12.7. The lowest BCUT2D eigenvalue weighted by Gasteiger charge is -2.33. The minimum atomic E-state index is -0.820. The average Bonchev–Trinajstić information content (AvgIpc) is 3.16. The second-order valence-corrected chi connectivity index (χ2v) is 7.67. The largest absolute Gasteiger partial charge is 0.481 e. The maximum absolute atomic E-state index is 13.0. The van der Waals surface area contributed by atoms with Crippen molar-refractivity contribution in [2.45, 2.75) is 17.2 Å². The SMILES string of the molecule is O=C(C1CSc2ccccc21)N1C[C@H]2COCC[C@@]2(C(=O)O)C1. The molecule has 3 heterocycles. The summed E-state index contributed by atoms with van der Waals surface area (Å²) in [6.45, 7) is 1.71. The quantitative estimate of drug-likeness (QED) is 0.894. The van der Waals surface area contributed by atoms with Crippen LogP contribution in [0.5, 0.6) is 0 Å². The van der Waals surface area contributed by atoms with Gasteiger partial charge in [-0.15, -0.1) is 11.8 Å². The first-order valence-corrected chi connectivity index (χ1v) is 8.92. The van der Waals surface area contributed by atoms with E-state index in [1.807, 2.05) is 24.3 Å². The fourth-order valence-electron chi connectivity index (χ4n) is 4.05. The van der Waals surface area contributed by atoms with Crippen molar-refractivity contribution < 1.29 is 19.4 Å². The number of likely N-dealkylation sites (tertiary alicyclic amines) is 1. The van der Waals surface area contributed by atoms with E-state index >= 15 is 0 Å². The number of carbonyl (C=O) groups excluding carboxylic acids is 1. The van der Waals surface area contributed by atoms with Crippen LogP contribution in [0, 0.1) is 11.3 Å². The lowest BCUT2D eigenvalue weighted by atomic mass is 9.74. The molecule has 0 saturated carbocycles. The monoisotopic (exact) mass is 333 g/mol. The molecule has 23 heavy (non-hydrogen) atoms. The fraction of sp³-hybridized carbons (Fsp3) is 0.529. The third-order valence-corrected chi connectivity index (χ3v) is 6.63. The summed E-state index contributed by atoms with van der Waals surface area (Å²) in [6, 6.07) is 8.00. The number of carbonyl (C=O) groups is 2. The molecule has 6 heteroatoms. The number of fused-ring (bicyclic) bond motifs is 2. The molecule has 1 amide bonds. The Balaban J connectivity index is 1.58. The van der Waals surface area contributed by atoms with Gasteiger partial charge in [-0.3, -0.25) is 9.59 Å². The van der Waals surface area contributed by atoms with Gasteiger partial charge in [0.2, 0.25) is 5.91 Å². The second-order valence-electron chi connectivity index (χ2n) is 6.60. The Bertz CT molecular complexity index is 664. The summed E-state index contributed by atoms with van der Waals surface area (Å²) in [5.74, 6) is -0.222. The molecule has 3 aliphatic heterocycles. The van der Waals surface area contributed by atoms with Crippen molar-refractivity contribution >= 4 is 23.6 Å². The minimum Gasteiger partial charge on any atom is -0.481 e. The lowest BCUT2D eigenvalue weighted by molar-refractivity contribution is -0.157. The van der Waals surface area contributed by atoms with Gasteiger partial charge in [-0.25, -0.2) is 0 Å². The lowest BCUT2D eigenvalue weighted by Crippen LogP contribution is -2.45. The van der Waals surface area contributed by atoms with E-state index in [-0.39, 0.29) is 17.7 Å². The number of carboxylic acids is 1. The first-order chi connectivity index (χ1) is 11.1. The van der Waals surface area contributed by atoms with Gasteiger partial charge in [0.25, 0.3) is 0 Å². The van der Waals surface area contributed by atoms with Crippen LogP contribution < -0.4 is 0 Å². The second kappa shape index (κ2) is 5.53. The average molecular weight is 333 g/mol. The first-order valence-electron chi connectivity index (χ1n) is 7.93. The number of amides is 1. The number of thioether (sulfide) groups is 1. The third kappa shape index (κ3) is 2.27. The van der Waals surface area contributed by atoms with Crippen molar-refractivity contribution in [2.75, 3.05) is 32.1 Å². The van der Waals surface area contributed by atoms with Gasteiger partial charge in [0, 0.05) is 36.3 Å². The van der Waals surface area contributed by atoms with Crippen LogP contribution in [-0.2, 0) is 14.3 Å². The number of aliphatic carboxylic acids is 1. The highest BCUT2D eigenvalue weighted by Gasteiger charge is 2.55. The molecule has 3 atom stereocenters. The molecule has 5 nitrogen and oxygen atoms in total. The Labute approximate surface area is 139 Å². The van der Waals surface area contributed by atoms with E-state index in [9.17, 15) is 14.7 Å². The smallest absolute Gasteiger partial charge is 0.311 e. The van der Waals surface area contributed by atoms with Crippen molar-refractivity contribution in [3.8, 4) is 0 Å². The van der Waals surface area contributed by atoms with E-state index in [2.05, 4.69) is 0 Å². The van der Waals surface area contributed by atoms with Crippen LogP contribution in [0.25, 0.3) is 0 Å². The van der Waals surface area contributed by atoms with Gasteiger partial charge >= 0.3 is 5.97 Å². The molecule has 1 N–H and O–H groups in total. The third-order valence-electron chi connectivity index (χ3n) is 5.44. The van der Waals surface area contributed by atoms with E-state index in [1.165, 1.54) is 4.90 Å². The Morgan fingerprint density at radius 2 is 2.17 bits per heavy atom. The zero-order valence-corrected chi connectivity index (χ0v) is 13.6. The topological polar surface area (TPSA) is 66.8 Å². The van der Waals surface area contributed by atoms with Gasteiger partial charge in [0.1, 0.15) is 0 Å². The summed E-state index contributed by atoms with van der Waals surface area (Å²) >= 11 is 1.71. The molecule has 0 bridgehead atoms. The van der Waals surface area contributed by atoms with Gasteiger partial charge in [0.05, 0.1) is 17.9 Å². The molecule has 1 aromatic carbocycles. The summed E-state index contributed by atoms with van der Waals surface area (Å²) in [7, 11) is 0. The number of nitrogens with zero attached hydrogens (tertiary/aromatic N) is 1. The van der Waals surface area contributed by atoms with Crippen LogP contribution in [0.3, 0.4) is 0 Å². The van der Waals surface area contributed by atoms with E-state index in [4.69, 9.17) is 4.74 Å². The molecule has 3 aliphatic rings. The predicted molar refractivity (Wildman–Crippen MR) is 85.5 cm³/mol. The summed E-state index contributed by atoms with van der Waals surface area (Å²) < 4.78 is 5.46. The Hall–Kier alpha value is -1.53. The summed E-state index contributed by atoms with van der Waals surface area (Å²) in [5, 5.41) is 9.72. The van der Waals surface area contributed by atoms with Crippen molar-refractivity contribution in [3.05, 3.63) is 29.8 Å². The normalized spacial score (nSPS) is 32.4. The van der Waals surface area contributed by atoms with Crippen LogP contribution >= 0.6 is 11.8 Å². The predicted octanol–water partition coefficient (Wildman–Crippen LogP) is 1.83. The molecule has 2 fully saturated rings. The van der Waals surface area contributed by atoms with E-state index in [1.54, 1.807) is 16.7 Å². The Morgan fingerprint density at radius 3 is 2.96 bits per heavy atom. The van der Waals surface area contributed by atoms with Crippen molar-refractivity contribution in [1.29, 1.82) is 0 Å². The number of carboxylic acid groups (broad SMARTS) is 1. The van der Waals surface area contributed by atoms with Gasteiger partial charge in [-0.1, -0.05) is 18.2 Å². The van der Waals surface area contributed by atoms with Crippen LogP contribution in [0.15, 0.2) is 29.2 Å². The number of hydrogen-bond donors (Lipinski definition) is 1. The van der Waals surface area contributed by atoms with Crippen LogP contribution in [-0.4, -0.2) is 53.9 Å². The van der Waals surface area contributed by atoms with Crippen LogP contribution in [0.1, 0.15) is 17.9 Å². The van der Waals surface area contributed by atoms with Gasteiger partial charge in [-0.05, 0) is 18.1 Å². The number of hydrogen-bond acceptors (Lipinski definition) is 4. The van der Waals surface area contributed by atoms with Crippen LogP contribution in [0.4, 0.5) is 0 Å². The molecule has 0 aromatic heterocycles. The van der Waals surface area contributed by atoms with E-state index in [0.29, 0.717) is 32.7 Å². The molecule has 0 radical (unpaired) electrons. The van der Waals surface area contributed by atoms with Gasteiger partial charge < -0.3 is 14.7 Å². The first kappa shape index (κ1) is 15.0. The molecule has 0 spiro atoms. The van der Waals surface area contributed by atoms with E-state index in [0.717, 1.165) is 11.3 Å². The Morgan fingerprint density at radius 1 is 1.35 bits per heavy atom. The van der Waals surface area contributed by atoms with Gasteiger partial charge in [-0.2, -0.15) is 0 Å². The molecular weight excluding hydrogens is 314 g/mol. The van der Waals surface area contributed by atoms with Crippen molar-refractivity contribution in [3.63, 3.8) is 0 Å². The standard InChI is InChI=1S/C17H19NO4S/c19-15(13-9-23-14-4-2-1-3-12(13)14)18-7-11-8-22-6-5-17(11,10-18)16(20)21/h1-4,11,13H,5-10H2,(H,20,21)/t11-,13?,17+/m0/s1.